The Balaban J connectivity index is 1.77. The van der Waals surface area contributed by atoms with Crippen molar-refractivity contribution in [1.82, 2.24) is 0 Å². The second kappa shape index (κ2) is 14.2. The summed E-state index contributed by atoms with van der Waals surface area (Å²) < 4.78 is 0. The van der Waals surface area contributed by atoms with Crippen LogP contribution < -0.4 is 0 Å². The lowest BCUT2D eigenvalue weighted by molar-refractivity contribution is -0.132. The molecule has 0 aliphatic heterocycles. The number of unbranched alkanes of at least 4 members (excludes halogenated alkanes) is 10. The van der Waals surface area contributed by atoms with E-state index in [0.717, 1.165) is 19.4 Å². The Bertz CT molecular complexity index is 391. The predicted octanol–water partition coefficient (Wildman–Crippen LogP) is 6.32. The molecule has 0 amide bonds. The van der Waals surface area contributed by atoms with Crippen LogP contribution in [0.3, 0.4) is 0 Å². The fourth-order valence-electron chi connectivity index (χ4n) is 3.25. The van der Waals surface area contributed by atoms with Crippen LogP contribution in [0.4, 0.5) is 0 Å². The molecule has 0 bridgehead atoms. The number of hydrogen-bond donors (Lipinski definition) is 1. The van der Waals surface area contributed by atoms with E-state index in [1.54, 1.807) is 6.92 Å². The standard InChI is InChI=1S/C21H37NO2/c1-19(21(23)24)15-11-9-7-5-3-2-4-6-8-10-14-18-22-20-16-12-13-17-20/h15H,2-14,16-18H2,1H3,(H,23,24). The van der Waals surface area contributed by atoms with Gasteiger partial charge in [0.05, 0.1) is 0 Å². The zero-order valence-electron chi connectivity index (χ0n) is 15.7. The highest BCUT2D eigenvalue weighted by molar-refractivity contribution is 5.86. The molecule has 0 aromatic rings. The van der Waals surface area contributed by atoms with E-state index >= 15 is 0 Å². The van der Waals surface area contributed by atoms with Gasteiger partial charge < -0.3 is 5.11 Å². The third kappa shape index (κ3) is 11.4. The van der Waals surface area contributed by atoms with E-state index in [-0.39, 0.29) is 0 Å². The molecule has 0 aromatic heterocycles. The summed E-state index contributed by atoms with van der Waals surface area (Å²) in [6, 6.07) is 0. The molecule has 0 heterocycles. The number of allylic oxidation sites excluding steroid dienone is 1. The van der Waals surface area contributed by atoms with Crippen LogP contribution >= 0.6 is 0 Å². The minimum Gasteiger partial charge on any atom is -0.478 e. The number of carboxylic acid groups (broad SMARTS) is 1. The van der Waals surface area contributed by atoms with E-state index in [0.29, 0.717) is 5.57 Å². The highest BCUT2D eigenvalue weighted by atomic mass is 16.4. The summed E-state index contributed by atoms with van der Waals surface area (Å²) in [5.41, 5.74) is 1.95. The van der Waals surface area contributed by atoms with Crippen molar-refractivity contribution in [3.8, 4) is 0 Å². The summed E-state index contributed by atoms with van der Waals surface area (Å²) in [6.07, 6.45) is 21.0. The zero-order chi connectivity index (χ0) is 17.5. The molecule has 0 saturated heterocycles. The maximum Gasteiger partial charge on any atom is 0.330 e. The third-order valence-electron chi connectivity index (χ3n) is 4.92. The van der Waals surface area contributed by atoms with E-state index < -0.39 is 5.97 Å². The van der Waals surface area contributed by atoms with Gasteiger partial charge in [0, 0.05) is 17.8 Å². The van der Waals surface area contributed by atoms with Gasteiger partial charge in [-0.25, -0.2) is 4.79 Å². The first kappa shape index (κ1) is 20.9. The van der Waals surface area contributed by atoms with Gasteiger partial charge in [-0.15, -0.1) is 0 Å². The van der Waals surface area contributed by atoms with Crippen LogP contribution in [0, 0.1) is 0 Å². The molecule has 1 aliphatic carbocycles. The molecule has 1 rings (SSSR count). The van der Waals surface area contributed by atoms with Crippen molar-refractivity contribution in [2.75, 3.05) is 6.54 Å². The van der Waals surface area contributed by atoms with Gasteiger partial charge in [0.15, 0.2) is 0 Å². The normalized spacial score (nSPS) is 15.0. The molecule has 0 spiro atoms. The van der Waals surface area contributed by atoms with Crippen LogP contribution in [0.1, 0.15) is 103 Å². The fraction of sp³-hybridized carbons (Fsp3) is 0.810. The fourth-order valence-corrected chi connectivity index (χ4v) is 3.25. The molecule has 3 nitrogen and oxygen atoms in total. The first-order valence-corrected chi connectivity index (χ1v) is 10.1. The average molecular weight is 336 g/mol. The number of nitrogens with zero attached hydrogens (tertiary/aromatic N) is 1. The number of aliphatic carboxylic acids is 1. The molecule has 0 radical (unpaired) electrons. The molecule has 1 aliphatic rings. The van der Waals surface area contributed by atoms with Crippen LogP contribution in [0.5, 0.6) is 0 Å². The SMILES string of the molecule is CC(=CCCCCCCCCCCCCN=C1CCCC1)C(=O)O. The number of carboxylic acids is 1. The minimum atomic E-state index is -0.791. The summed E-state index contributed by atoms with van der Waals surface area (Å²) in [5, 5.41) is 8.75. The van der Waals surface area contributed by atoms with Crippen molar-refractivity contribution in [3.05, 3.63) is 11.6 Å². The van der Waals surface area contributed by atoms with Crippen molar-refractivity contribution in [2.24, 2.45) is 4.99 Å². The Kier molecular flexibility index (Phi) is 12.4. The summed E-state index contributed by atoms with van der Waals surface area (Å²) >= 11 is 0. The Labute approximate surface area is 148 Å². The molecule has 0 aromatic carbocycles. The van der Waals surface area contributed by atoms with E-state index in [9.17, 15) is 4.79 Å². The van der Waals surface area contributed by atoms with E-state index in [1.165, 1.54) is 89.2 Å². The largest absolute Gasteiger partial charge is 0.478 e. The lowest BCUT2D eigenvalue weighted by Gasteiger charge is -2.02. The van der Waals surface area contributed by atoms with Gasteiger partial charge in [0.25, 0.3) is 0 Å². The van der Waals surface area contributed by atoms with Gasteiger partial charge in [-0.2, -0.15) is 0 Å². The smallest absolute Gasteiger partial charge is 0.330 e. The number of carbonyl (C=O) groups is 1. The highest BCUT2D eigenvalue weighted by Gasteiger charge is 2.06. The second-order valence-corrected chi connectivity index (χ2v) is 7.17. The highest BCUT2D eigenvalue weighted by Crippen LogP contribution is 2.15. The van der Waals surface area contributed by atoms with Crippen LogP contribution in [0.15, 0.2) is 16.6 Å². The summed E-state index contributed by atoms with van der Waals surface area (Å²) in [5.74, 6) is -0.791. The molecule has 1 fully saturated rings. The lowest BCUT2D eigenvalue weighted by atomic mass is 10.1. The molecular formula is C21H37NO2. The van der Waals surface area contributed by atoms with Gasteiger partial charge >= 0.3 is 5.97 Å². The minimum absolute atomic E-state index is 0.477. The maximum absolute atomic E-state index is 10.6. The van der Waals surface area contributed by atoms with Crippen molar-refractivity contribution in [1.29, 1.82) is 0 Å². The van der Waals surface area contributed by atoms with Crippen molar-refractivity contribution < 1.29 is 9.90 Å². The van der Waals surface area contributed by atoms with Crippen LogP contribution in [-0.2, 0) is 4.79 Å². The van der Waals surface area contributed by atoms with Gasteiger partial charge in [-0.05, 0) is 51.9 Å². The first-order chi connectivity index (χ1) is 11.7. The van der Waals surface area contributed by atoms with Crippen LogP contribution in [0.25, 0.3) is 0 Å². The van der Waals surface area contributed by atoms with E-state index in [4.69, 9.17) is 10.1 Å². The summed E-state index contributed by atoms with van der Waals surface area (Å²) in [4.78, 5) is 15.3. The molecular weight excluding hydrogens is 298 g/mol. The topological polar surface area (TPSA) is 49.7 Å². The van der Waals surface area contributed by atoms with Crippen molar-refractivity contribution in [2.45, 2.75) is 103 Å². The quantitative estimate of drug-likeness (QED) is 0.298. The molecule has 0 atom stereocenters. The first-order valence-electron chi connectivity index (χ1n) is 10.1. The molecule has 3 heteroatoms. The molecule has 1 saturated carbocycles. The van der Waals surface area contributed by atoms with E-state index in [2.05, 4.69) is 0 Å². The third-order valence-corrected chi connectivity index (χ3v) is 4.92. The Morgan fingerprint density at radius 3 is 1.96 bits per heavy atom. The Hall–Kier alpha value is -1.12. The van der Waals surface area contributed by atoms with Gasteiger partial charge in [0.1, 0.15) is 0 Å². The molecule has 0 unspecified atom stereocenters. The number of rotatable bonds is 14. The van der Waals surface area contributed by atoms with Crippen LogP contribution in [0.2, 0.25) is 0 Å². The monoisotopic (exact) mass is 335 g/mol. The zero-order valence-corrected chi connectivity index (χ0v) is 15.7. The van der Waals surface area contributed by atoms with Gasteiger partial charge in [0.2, 0.25) is 0 Å². The number of aliphatic imine (C=N–C) groups is 1. The predicted molar refractivity (Wildman–Crippen MR) is 103 cm³/mol. The Morgan fingerprint density at radius 2 is 1.42 bits per heavy atom. The van der Waals surface area contributed by atoms with Crippen LogP contribution in [-0.4, -0.2) is 23.3 Å². The second-order valence-electron chi connectivity index (χ2n) is 7.17. The average Bonchev–Trinajstić information content (AvgIpc) is 3.08. The maximum atomic E-state index is 10.6. The molecule has 138 valence electrons. The lowest BCUT2D eigenvalue weighted by Crippen LogP contribution is -1.95. The van der Waals surface area contributed by atoms with Crippen molar-refractivity contribution >= 4 is 11.7 Å². The number of hydrogen-bond acceptors (Lipinski definition) is 2. The molecule has 24 heavy (non-hydrogen) atoms. The van der Waals surface area contributed by atoms with E-state index in [1.807, 2.05) is 6.08 Å². The van der Waals surface area contributed by atoms with Gasteiger partial charge in [-0.1, -0.05) is 57.4 Å². The summed E-state index contributed by atoms with van der Waals surface area (Å²) in [7, 11) is 0. The Morgan fingerprint density at radius 1 is 0.917 bits per heavy atom. The van der Waals surface area contributed by atoms with Gasteiger partial charge in [-0.3, -0.25) is 4.99 Å². The van der Waals surface area contributed by atoms with Crippen molar-refractivity contribution in [3.63, 3.8) is 0 Å². The molecule has 1 N–H and O–H groups in total. The summed E-state index contributed by atoms with van der Waals surface area (Å²) in [6.45, 7) is 2.73.